The van der Waals surface area contributed by atoms with Crippen LogP contribution >= 0.6 is 11.6 Å². The fourth-order valence-corrected chi connectivity index (χ4v) is 3.86. The number of hydrogen-bond donors (Lipinski definition) is 5. The minimum atomic E-state index is -0.833. The van der Waals surface area contributed by atoms with Gasteiger partial charge in [-0.25, -0.2) is 9.97 Å². The summed E-state index contributed by atoms with van der Waals surface area (Å²) in [5.41, 5.74) is 4.56. The van der Waals surface area contributed by atoms with Crippen molar-refractivity contribution in [2.24, 2.45) is 0 Å². The smallest absolute Gasteiger partial charge is 0.253 e. The van der Waals surface area contributed by atoms with Gasteiger partial charge >= 0.3 is 0 Å². The third-order valence-corrected chi connectivity index (χ3v) is 5.49. The number of nitrogens with one attached hydrogen (secondary N) is 3. The molecule has 2 amide bonds. The Kier molecular flexibility index (Phi) is 7.06. The van der Waals surface area contributed by atoms with E-state index in [0.717, 1.165) is 11.3 Å². The molecule has 180 valence electrons. The van der Waals surface area contributed by atoms with Gasteiger partial charge in [0, 0.05) is 41.7 Å². The Hall–Kier alpha value is -3.86. The van der Waals surface area contributed by atoms with Gasteiger partial charge in [0.05, 0.1) is 41.5 Å². The minimum Gasteiger partial charge on any atom is -0.394 e. The predicted molar refractivity (Wildman–Crippen MR) is 132 cm³/mol. The molecule has 0 fully saturated rings. The first kappa shape index (κ1) is 24.3. The Morgan fingerprint density at radius 3 is 2.54 bits per heavy atom. The summed E-state index contributed by atoms with van der Waals surface area (Å²) in [6.07, 6.45) is 3.26. The Bertz CT molecular complexity index is 1400. The molecule has 0 unspecified atom stereocenters. The van der Waals surface area contributed by atoms with Crippen LogP contribution in [0.5, 0.6) is 0 Å². The second kappa shape index (κ2) is 10.2. The number of aromatic nitrogens is 4. The average Bonchev–Trinajstić information content (AvgIpc) is 3.21. The first-order chi connectivity index (χ1) is 16.8. The highest BCUT2D eigenvalue weighted by Gasteiger charge is 2.23. The Morgan fingerprint density at radius 1 is 1.11 bits per heavy atom. The van der Waals surface area contributed by atoms with Crippen LogP contribution in [0.25, 0.3) is 33.4 Å². The highest BCUT2D eigenvalue weighted by atomic mass is 35.5. The molecule has 0 aliphatic rings. The number of aliphatic hydroxyl groups is 2. The van der Waals surface area contributed by atoms with E-state index in [1.54, 1.807) is 24.5 Å². The third-order valence-electron chi connectivity index (χ3n) is 5.30. The molecule has 35 heavy (non-hydrogen) atoms. The van der Waals surface area contributed by atoms with Crippen molar-refractivity contribution < 1.29 is 19.8 Å². The largest absolute Gasteiger partial charge is 0.394 e. The van der Waals surface area contributed by atoms with Gasteiger partial charge in [-0.05, 0) is 31.2 Å². The van der Waals surface area contributed by atoms with E-state index >= 15 is 0 Å². The summed E-state index contributed by atoms with van der Waals surface area (Å²) in [6.45, 7) is 2.41. The van der Waals surface area contributed by atoms with Crippen molar-refractivity contribution in [3.63, 3.8) is 0 Å². The second-order valence-electron chi connectivity index (χ2n) is 7.93. The number of pyridine rings is 3. The topological polar surface area (TPSA) is 153 Å². The molecule has 0 saturated heterocycles. The number of anilines is 1. The molecule has 0 aromatic carbocycles. The summed E-state index contributed by atoms with van der Waals surface area (Å²) in [6, 6.07) is 7.79. The van der Waals surface area contributed by atoms with Crippen molar-refractivity contribution >= 4 is 40.3 Å². The van der Waals surface area contributed by atoms with E-state index in [2.05, 4.69) is 30.6 Å². The van der Waals surface area contributed by atoms with Crippen molar-refractivity contribution in [3.8, 4) is 22.4 Å². The minimum absolute atomic E-state index is 0.0905. The molecule has 4 rings (SSSR count). The van der Waals surface area contributed by atoms with Crippen LogP contribution in [0.3, 0.4) is 0 Å². The zero-order chi connectivity index (χ0) is 25.1. The molecule has 0 spiro atoms. The van der Waals surface area contributed by atoms with Crippen LogP contribution < -0.4 is 10.6 Å². The summed E-state index contributed by atoms with van der Waals surface area (Å²) in [7, 11) is 0. The van der Waals surface area contributed by atoms with Crippen LogP contribution in [0.1, 0.15) is 23.0 Å². The predicted octanol–water partition coefficient (Wildman–Crippen LogP) is 2.69. The quantitative estimate of drug-likeness (QED) is 0.247. The van der Waals surface area contributed by atoms with E-state index in [4.69, 9.17) is 11.6 Å². The Balaban J connectivity index is 1.97. The van der Waals surface area contributed by atoms with Crippen LogP contribution in [0, 0.1) is 6.92 Å². The number of H-pyrrole nitrogens is 1. The number of amides is 2. The number of nitrogens with zero attached hydrogens (tertiary/aromatic N) is 3. The first-order valence-electron chi connectivity index (χ1n) is 10.7. The van der Waals surface area contributed by atoms with Gasteiger partial charge in [0.2, 0.25) is 5.91 Å². The lowest BCUT2D eigenvalue weighted by Crippen LogP contribution is -2.40. The van der Waals surface area contributed by atoms with Gasteiger partial charge in [0.15, 0.2) is 0 Å². The number of aromatic amines is 1. The molecular formula is C24H23ClN6O4. The van der Waals surface area contributed by atoms with Gasteiger partial charge in [0.1, 0.15) is 11.0 Å². The van der Waals surface area contributed by atoms with Crippen LogP contribution in [-0.2, 0) is 4.79 Å². The third kappa shape index (κ3) is 5.14. The number of fused-ring (bicyclic) bond motifs is 1. The molecule has 5 N–H and O–H groups in total. The molecule has 4 aromatic rings. The molecule has 0 radical (unpaired) electrons. The summed E-state index contributed by atoms with van der Waals surface area (Å²) < 4.78 is 0. The lowest BCUT2D eigenvalue weighted by molar-refractivity contribution is -0.114. The molecule has 0 aliphatic heterocycles. The van der Waals surface area contributed by atoms with E-state index < -0.39 is 25.2 Å². The van der Waals surface area contributed by atoms with Gasteiger partial charge in [-0.15, -0.1) is 0 Å². The molecule has 0 aliphatic carbocycles. The highest BCUT2D eigenvalue weighted by Crippen LogP contribution is 2.39. The number of aryl methyl sites for hydroxylation is 1. The summed E-state index contributed by atoms with van der Waals surface area (Å²) in [5.74, 6) is -0.439. The maximum atomic E-state index is 13.0. The van der Waals surface area contributed by atoms with Crippen molar-refractivity contribution in [1.82, 2.24) is 25.3 Å². The zero-order valence-corrected chi connectivity index (χ0v) is 19.7. The van der Waals surface area contributed by atoms with Gasteiger partial charge in [0.25, 0.3) is 5.91 Å². The number of rotatable bonds is 7. The van der Waals surface area contributed by atoms with Gasteiger partial charge in [-0.2, -0.15) is 0 Å². The van der Waals surface area contributed by atoms with Crippen LogP contribution in [0.2, 0.25) is 5.15 Å². The van der Waals surface area contributed by atoms with Crippen LogP contribution in [0.15, 0.2) is 42.7 Å². The molecule has 4 heterocycles. The summed E-state index contributed by atoms with van der Waals surface area (Å²) in [5, 5.41) is 24.1. The van der Waals surface area contributed by atoms with E-state index in [0.29, 0.717) is 33.7 Å². The lowest BCUT2D eigenvalue weighted by atomic mass is 10.0. The van der Waals surface area contributed by atoms with Crippen molar-refractivity contribution in [2.75, 3.05) is 18.5 Å². The number of aliphatic hydroxyl groups excluding tert-OH is 2. The first-order valence-corrected chi connectivity index (χ1v) is 11.1. The Labute approximate surface area is 205 Å². The Morgan fingerprint density at radius 2 is 1.89 bits per heavy atom. The number of hydrogen-bond acceptors (Lipinski definition) is 7. The fraction of sp³-hybridized carbons (Fsp3) is 0.208. The van der Waals surface area contributed by atoms with Gasteiger partial charge in [-0.1, -0.05) is 17.7 Å². The van der Waals surface area contributed by atoms with Gasteiger partial charge in [-0.3, -0.25) is 14.6 Å². The van der Waals surface area contributed by atoms with Crippen molar-refractivity contribution in [1.29, 1.82) is 0 Å². The molecule has 0 atom stereocenters. The van der Waals surface area contributed by atoms with Crippen LogP contribution in [-0.4, -0.2) is 61.2 Å². The SMILES string of the molecule is CC(=O)Nc1cc(-c2[nH]c3c(C(=O)NC(CO)CO)cc(Cl)nc3c2-c2ccc(C)nc2)ccn1. The number of carbonyl (C=O) groups excluding carboxylic acids is 2. The van der Waals surface area contributed by atoms with Gasteiger partial charge < -0.3 is 25.8 Å². The molecular weight excluding hydrogens is 472 g/mol. The van der Waals surface area contributed by atoms with Crippen molar-refractivity contribution in [3.05, 3.63) is 59.1 Å². The lowest BCUT2D eigenvalue weighted by Gasteiger charge is -2.13. The standard InChI is InChI=1S/C24H23ClN6O4/c1-12-3-4-15(9-27-12)20-21(14-5-6-26-19(7-14)28-13(2)34)31-22-17(8-18(25)30-23(20)22)24(35)29-16(10-32)11-33/h3-9,16,31-33H,10-11H2,1-2H3,(H,29,35)(H,26,28,34). The highest BCUT2D eigenvalue weighted by molar-refractivity contribution is 6.30. The maximum absolute atomic E-state index is 13.0. The summed E-state index contributed by atoms with van der Waals surface area (Å²) in [4.78, 5) is 40.9. The summed E-state index contributed by atoms with van der Waals surface area (Å²) >= 11 is 6.32. The maximum Gasteiger partial charge on any atom is 0.253 e. The molecule has 0 bridgehead atoms. The molecule has 4 aromatic heterocycles. The van der Waals surface area contributed by atoms with E-state index in [1.807, 2.05) is 19.1 Å². The zero-order valence-electron chi connectivity index (χ0n) is 19.0. The van der Waals surface area contributed by atoms with E-state index in [-0.39, 0.29) is 16.6 Å². The van der Waals surface area contributed by atoms with E-state index in [1.165, 1.54) is 13.0 Å². The number of halogens is 1. The molecule has 0 saturated carbocycles. The molecule has 11 heteroatoms. The fourth-order valence-electron chi connectivity index (χ4n) is 3.67. The normalized spacial score (nSPS) is 11.1. The van der Waals surface area contributed by atoms with Crippen LogP contribution in [0.4, 0.5) is 5.82 Å². The number of carbonyl (C=O) groups is 2. The second-order valence-corrected chi connectivity index (χ2v) is 8.31. The molecule has 10 nitrogen and oxygen atoms in total. The monoisotopic (exact) mass is 494 g/mol. The van der Waals surface area contributed by atoms with E-state index in [9.17, 15) is 19.8 Å². The average molecular weight is 495 g/mol. The van der Waals surface area contributed by atoms with Crippen molar-refractivity contribution in [2.45, 2.75) is 19.9 Å².